The number of hydrogen-bond acceptors (Lipinski definition) is 7. The molecule has 0 spiro atoms. The van der Waals surface area contributed by atoms with Crippen LogP contribution in [0, 0.1) is 0 Å². The number of hydrogen-bond donors (Lipinski definition) is 0. The number of benzene rings is 2. The fourth-order valence-electron chi connectivity index (χ4n) is 3.60. The largest absolute Gasteiger partial charge is 0.495 e. The molecule has 1 aromatic heterocycles. The zero-order valence-electron chi connectivity index (χ0n) is 17.2. The number of anilines is 2. The molecular formula is C23H25N3O3S. The van der Waals surface area contributed by atoms with Crippen LogP contribution in [0.15, 0.2) is 54.6 Å². The first-order chi connectivity index (χ1) is 14.7. The molecule has 4 rings (SSSR count). The number of carbonyl (C=O) groups excluding carboxylic acids is 1. The van der Waals surface area contributed by atoms with E-state index in [9.17, 15) is 4.79 Å². The van der Waals surface area contributed by atoms with E-state index in [1.807, 2.05) is 55.5 Å². The number of thiazole rings is 1. The lowest BCUT2D eigenvalue weighted by molar-refractivity contribution is 0.0532. The Labute approximate surface area is 180 Å². The van der Waals surface area contributed by atoms with E-state index in [0.717, 1.165) is 48.3 Å². The molecule has 7 heteroatoms. The molecule has 30 heavy (non-hydrogen) atoms. The van der Waals surface area contributed by atoms with Crippen LogP contribution in [0.4, 0.5) is 10.8 Å². The number of esters is 1. The molecule has 0 amide bonds. The van der Waals surface area contributed by atoms with Gasteiger partial charge in [-0.25, -0.2) is 9.78 Å². The van der Waals surface area contributed by atoms with Gasteiger partial charge in [0.25, 0.3) is 0 Å². The highest BCUT2D eigenvalue weighted by Gasteiger charge is 2.26. The van der Waals surface area contributed by atoms with E-state index < -0.39 is 0 Å². The zero-order chi connectivity index (χ0) is 20.9. The molecule has 6 nitrogen and oxygen atoms in total. The summed E-state index contributed by atoms with van der Waals surface area (Å²) in [5.74, 6) is 0.573. The third kappa shape index (κ3) is 4.11. The van der Waals surface area contributed by atoms with Crippen LogP contribution in [0.2, 0.25) is 0 Å². The minimum Gasteiger partial charge on any atom is -0.495 e. The summed E-state index contributed by atoms with van der Waals surface area (Å²) in [6.45, 7) is 5.52. The van der Waals surface area contributed by atoms with Crippen molar-refractivity contribution in [3.05, 3.63) is 59.5 Å². The summed E-state index contributed by atoms with van der Waals surface area (Å²) in [6, 6.07) is 17.9. The van der Waals surface area contributed by atoms with Crippen molar-refractivity contribution < 1.29 is 14.3 Å². The third-order valence-electron chi connectivity index (χ3n) is 5.10. The lowest BCUT2D eigenvalue weighted by Crippen LogP contribution is -2.46. The van der Waals surface area contributed by atoms with Crippen LogP contribution in [-0.4, -0.2) is 50.8 Å². The molecule has 0 atom stereocenters. The second-order valence-corrected chi connectivity index (χ2v) is 7.88. The van der Waals surface area contributed by atoms with Crippen LogP contribution < -0.4 is 14.5 Å². The maximum absolute atomic E-state index is 12.6. The van der Waals surface area contributed by atoms with Crippen molar-refractivity contribution in [1.29, 1.82) is 0 Å². The highest BCUT2D eigenvalue weighted by Crippen LogP contribution is 2.35. The van der Waals surface area contributed by atoms with Gasteiger partial charge in [0.1, 0.15) is 10.6 Å². The fraction of sp³-hybridized carbons (Fsp3) is 0.304. The van der Waals surface area contributed by atoms with Crippen LogP contribution in [0.3, 0.4) is 0 Å². The van der Waals surface area contributed by atoms with E-state index in [2.05, 4.69) is 15.9 Å². The van der Waals surface area contributed by atoms with E-state index in [4.69, 9.17) is 14.5 Å². The molecule has 1 aliphatic heterocycles. The van der Waals surface area contributed by atoms with E-state index in [0.29, 0.717) is 17.2 Å². The number of carbonyl (C=O) groups is 1. The molecule has 1 fully saturated rings. The van der Waals surface area contributed by atoms with Gasteiger partial charge in [-0.3, -0.25) is 0 Å². The van der Waals surface area contributed by atoms with Crippen LogP contribution in [-0.2, 0) is 4.74 Å². The Morgan fingerprint density at radius 2 is 1.67 bits per heavy atom. The van der Waals surface area contributed by atoms with Crippen LogP contribution in [0.25, 0.3) is 11.3 Å². The first-order valence-corrected chi connectivity index (χ1v) is 10.9. The van der Waals surface area contributed by atoms with Gasteiger partial charge in [0.05, 0.1) is 25.1 Å². The Bertz CT molecular complexity index is 998. The normalized spacial score (nSPS) is 13.9. The zero-order valence-corrected chi connectivity index (χ0v) is 18.0. The van der Waals surface area contributed by atoms with E-state index in [1.165, 1.54) is 11.3 Å². The highest BCUT2D eigenvalue weighted by atomic mass is 32.1. The van der Waals surface area contributed by atoms with E-state index in [-0.39, 0.29) is 5.97 Å². The van der Waals surface area contributed by atoms with Gasteiger partial charge in [-0.2, -0.15) is 0 Å². The van der Waals surface area contributed by atoms with Crippen molar-refractivity contribution in [2.24, 2.45) is 0 Å². The first-order valence-electron chi connectivity index (χ1n) is 10.1. The van der Waals surface area contributed by atoms with Gasteiger partial charge in [-0.1, -0.05) is 53.8 Å². The molecule has 1 aliphatic rings. The molecule has 0 unspecified atom stereocenters. The molecule has 0 N–H and O–H groups in total. The van der Waals surface area contributed by atoms with Crippen molar-refractivity contribution in [3.63, 3.8) is 0 Å². The lowest BCUT2D eigenvalue weighted by atomic mass is 10.1. The number of rotatable bonds is 6. The molecule has 3 aromatic rings. The minimum absolute atomic E-state index is 0.312. The molecule has 0 radical (unpaired) electrons. The van der Waals surface area contributed by atoms with Gasteiger partial charge in [0.2, 0.25) is 0 Å². The number of aromatic nitrogens is 1. The lowest BCUT2D eigenvalue weighted by Gasteiger charge is -2.36. The van der Waals surface area contributed by atoms with Gasteiger partial charge in [0, 0.05) is 31.7 Å². The van der Waals surface area contributed by atoms with Crippen molar-refractivity contribution in [3.8, 4) is 17.0 Å². The van der Waals surface area contributed by atoms with Gasteiger partial charge < -0.3 is 19.3 Å². The second-order valence-electron chi connectivity index (χ2n) is 6.91. The van der Waals surface area contributed by atoms with Gasteiger partial charge in [-0.15, -0.1) is 0 Å². The highest BCUT2D eigenvalue weighted by molar-refractivity contribution is 7.17. The van der Waals surface area contributed by atoms with Crippen LogP contribution in [0.1, 0.15) is 16.6 Å². The molecule has 0 aliphatic carbocycles. The fourth-order valence-corrected chi connectivity index (χ4v) is 4.63. The molecule has 156 valence electrons. The average Bonchev–Trinajstić information content (AvgIpc) is 3.26. The van der Waals surface area contributed by atoms with Crippen molar-refractivity contribution in [1.82, 2.24) is 4.98 Å². The maximum atomic E-state index is 12.6. The van der Waals surface area contributed by atoms with Crippen LogP contribution in [0.5, 0.6) is 5.75 Å². The SMILES string of the molecule is CCOC(=O)c1sc(N2CCN(c3ccccc3OC)CC2)nc1-c1ccccc1. The topological polar surface area (TPSA) is 54.9 Å². The quantitative estimate of drug-likeness (QED) is 0.551. The number of piperazine rings is 1. The number of para-hydroxylation sites is 2. The molecule has 2 heterocycles. The summed E-state index contributed by atoms with van der Waals surface area (Å²) in [5, 5.41) is 0.858. The number of nitrogens with zero attached hydrogens (tertiary/aromatic N) is 3. The van der Waals surface area contributed by atoms with Gasteiger partial charge in [0.15, 0.2) is 5.13 Å². The molecular weight excluding hydrogens is 398 g/mol. The summed E-state index contributed by atoms with van der Waals surface area (Å²) in [6.07, 6.45) is 0. The molecule has 1 saturated heterocycles. The predicted molar refractivity (Wildman–Crippen MR) is 121 cm³/mol. The standard InChI is InChI=1S/C23H25N3O3S/c1-3-29-22(27)21-20(17-9-5-4-6-10-17)24-23(30-21)26-15-13-25(14-16-26)18-11-7-8-12-19(18)28-2/h4-12H,3,13-16H2,1-2H3. The average molecular weight is 424 g/mol. The predicted octanol–water partition coefficient (Wildman–Crippen LogP) is 4.32. The Balaban J connectivity index is 1.56. The summed E-state index contributed by atoms with van der Waals surface area (Å²) in [5.41, 5.74) is 2.73. The van der Waals surface area contributed by atoms with Crippen molar-refractivity contribution >= 4 is 28.1 Å². The summed E-state index contributed by atoms with van der Waals surface area (Å²) in [7, 11) is 1.70. The summed E-state index contributed by atoms with van der Waals surface area (Å²) in [4.78, 5) is 22.5. The third-order valence-corrected chi connectivity index (χ3v) is 6.20. The molecule has 2 aromatic carbocycles. The Kier molecular flexibility index (Phi) is 6.18. The summed E-state index contributed by atoms with van der Waals surface area (Å²) >= 11 is 1.41. The minimum atomic E-state index is -0.312. The Hall–Kier alpha value is -3.06. The first kappa shape index (κ1) is 20.2. The summed E-state index contributed by atoms with van der Waals surface area (Å²) < 4.78 is 10.8. The van der Waals surface area contributed by atoms with Gasteiger partial charge in [-0.05, 0) is 19.1 Å². The second kappa shape index (κ2) is 9.17. The molecule has 0 saturated carbocycles. The van der Waals surface area contributed by atoms with Crippen molar-refractivity contribution in [2.45, 2.75) is 6.92 Å². The van der Waals surface area contributed by atoms with E-state index in [1.54, 1.807) is 7.11 Å². The Morgan fingerprint density at radius 1 is 1.00 bits per heavy atom. The van der Waals surface area contributed by atoms with Crippen molar-refractivity contribution in [2.75, 3.05) is 49.7 Å². The van der Waals surface area contributed by atoms with E-state index >= 15 is 0 Å². The van der Waals surface area contributed by atoms with Gasteiger partial charge >= 0.3 is 5.97 Å². The molecule has 0 bridgehead atoms. The monoisotopic (exact) mass is 423 g/mol. The Morgan fingerprint density at radius 3 is 2.37 bits per heavy atom. The maximum Gasteiger partial charge on any atom is 0.350 e. The number of methoxy groups -OCH3 is 1. The van der Waals surface area contributed by atoms with Crippen LogP contribution >= 0.6 is 11.3 Å². The smallest absolute Gasteiger partial charge is 0.350 e. The number of ether oxygens (including phenoxy) is 2.